The number of imide groups is 1. The number of thioether (sulfide) groups is 1. The van der Waals surface area contributed by atoms with Crippen molar-refractivity contribution in [2.75, 3.05) is 0 Å². The van der Waals surface area contributed by atoms with Gasteiger partial charge in [0.25, 0.3) is 16.8 Å². The Morgan fingerprint density at radius 3 is 2.48 bits per heavy atom. The number of nitro groups is 1. The van der Waals surface area contributed by atoms with Gasteiger partial charge in [-0.1, -0.05) is 48.0 Å². The van der Waals surface area contributed by atoms with Crippen LogP contribution in [-0.4, -0.2) is 21.0 Å². The SMILES string of the molecule is Cc1ccc(/C=C2/SC(=O)N(Cc3ccccc3[N+](=O)[O-])C2=O)cc1. The van der Waals surface area contributed by atoms with Crippen molar-refractivity contribution in [3.05, 3.63) is 80.2 Å². The van der Waals surface area contributed by atoms with E-state index in [4.69, 9.17) is 0 Å². The highest BCUT2D eigenvalue weighted by Crippen LogP contribution is 2.34. The van der Waals surface area contributed by atoms with Gasteiger partial charge in [0.1, 0.15) is 0 Å². The second kappa shape index (κ2) is 6.90. The summed E-state index contributed by atoms with van der Waals surface area (Å²) in [6.45, 7) is 1.84. The summed E-state index contributed by atoms with van der Waals surface area (Å²) in [6, 6.07) is 13.7. The van der Waals surface area contributed by atoms with E-state index in [1.54, 1.807) is 24.3 Å². The molecule has 1 fully saturated rings. The molecular weight excluding hydrogens is 340 g/mol. The lowest BCUT2D eigenvalue weighted by Crippen LogP contribution is -2.27. The summed E-state index contributed by atoms with van der Waals surface area (Å²) in [5.74, 6) is -0.436. The van der Waals surface area contributed by atoms with E-state index in [1.807, 2.05) is 31.2 Å². The Hall–Kier alpha value is -2.93. The molecule has 3 rings (SSSR count). The fourth-order valence-corrected chi connectivity index (χ4v) is 3.28. The van der Waals surface area contributed by atoms with Crippen LogP contribution in [0.4, 0.5) is 10.5 Å². The standard InChI is InChI=1S/C18H14N2O4S/c1-12-6-8-13(9-7-12)10-16-17(21)19(18(22)25-16)11-14-4-2-3-5-15(14)20(23)24/h2-10H,11H2,1H3/b16-10+. The van der Waals surface area contributed by atoms with Crippen LogP contribution in [0.2, 0.25) is 0 Å². The summed E-state index contributed by atoms with van der Waals surface area (Å²) in [7, 11) is 0. The van der Waals surface area contributed by atoms with E-state index in [-0.39, 0.29) is 12.2 Å². The third kappa shape index (κ3) is 3.61. The number of hydrogen-bond donors (Lipinski definition) is 0. The van der Waals surface area contributed by atoms with Gasteiger partial charge >= 0.3 is 0 Å². The van der Waals surface area contributed by atoms with E-state index in [0.29, 0.717) is 10.5 Å². The maximum atomic E-state index is 12.5. The Kier molecular flexibility index (Phi) is 4.67. The molecule has 2 amide bonds. The number of para-hydroxylation sites is 1. The van der Waals surface area contributed by atoms with E-state index in [2.05, 4.69) is 0 Å². The Balaban J connectivity index is 1.85. The van der Waals surface area contributed by atoms with Crippen LogP contribution in [0.5, 0.6) is 0 Å². The average Bonchev–Trinajstić information content (AvgIpc) is 2.85. The molecule has 0 radical (unpaired) electrons. The van der Waals surface area contributed by atoms with Crippen molar-refractivity contribution < 1.29 is 14.5 Å². The van der Waals surface area contributed by atoms with Crippen LogP contribution in [0.25, 0.3) is 6.08 Å². The van der Waals surface area contributed by atoms with Gasteiger partial charge in [0.15, 0.2) is 0 Å². The van der Waals surface area contributed by atoms with Crippen molar-refractivity contribution in [2.45, 2.75) is 13.5 Å². The molecular formula is C18H14N2O4S. The zero-order valence-corrected chi connectivity index (χ0v) is 14.2. The number of amides is 2. The number of nitrogens with zero attached hydrogens (tertiary/aromatic N) is 2. The van der Waals surface area contributed by atoms with Crippen molar-refractivity contribution in [3.8, 4) is 0 Å². The number of rotatable bonds is 4. The third-order valence-corrected chi connectivity index (χ3v) is 4.67. The second-order valence-electron chi connectivity index (χ2n) is 5.56. The molecule has 0 unspecified atom stereocenters. The molecule has 1 heterocycles. The smallest absolute Gasteiger partial charge is 0.268 e. The van der Waals surface area contributed by atoms with Crippen LogP contribution in [-0.2, 0) is 11.3 Å². The van der Waals surface area contributed by atoms with Gasteiger partial charge in [-0.3, -0.25) is 24.6 Å². The first-order chi connectivity index (χ1) is 12.0. The van der Waals surface area contributed by atoms with Gasteiger partial charge < -0.3 is 0 Å². The molecule has 0 N–H and O–H groups in total. The van der Waals surface area contributed by atoms with Gasteiger partial charge in [-0.15, -0.1) is 0 Å². The molecule has 0 saturated carbocycles. The minimum atomic E-state index is -0.517. The molecule has 6 nitrogen and oxygen atoms in total. The van der Waals surface area contributed by atoms with Crippen molar-refractivity contribution in [3.63, 3.8) is 0 Å². The van der Waals surface area contributed by atoms with Crippen LogP contribution in [0, 0.1) is 17.0 Å². The monoisotopic (exact) mass is 354 g/mol. The van der Waals surface area contributed by atoms with Crippen LogP contribution in [0.1, 0.15) is 16.7 Å². The first-order valence-electron chi connectivity index (χ1n) is 7.50. The zero-order valence-electron chi connectivity index (χ0n) is 13.3. The Morgan fingerprint density at radius 2 is 1.80 bits per heavy atom. The summed E-state index contributed by atoms with van der Waals surface area (Å²) < 4.78 is 0. The molecule has 0 bridgehead atoms. The number of carbonyl (C=O) groups excluding carboxylic acids is 2. The van der Waals surface area contributed by atoms with Gasteiger partial charge in [0.2, 0.25) is 0 Å². The van der Waals surface area contributed by atoms with Crippen LogP contribution < -0.4 is 0 Å². The maximum Gasteiger partial charge on any atom is 0.293 e. The molecule has 126 valence electrons. The lowest BCUT2D eigenvalue weighted by Gasteiger charge is -2.12. The molecule has 0 spiro atoms. The predicted molar refractivity (Wildman–Crippen MR) is 95.8 cm³/mol. The topological polar surface area (TPSA) is 80.5 Å². The molecule has 1 aliphatic heterocycles. The minimum Gasteiger partial charge on any atom is -0.268 e. The van der Waals surface area contributed by atoms with E-state index >= 15 is 0 Å². The molecule has 1 saturated heterocycles. The first-order valence-corrected chi connectivity index (χ1v) is 8.31. The highest BCUT2D eigenvalue weighted by Gasteiger charge is 2.36. The van der Waals surface area contributed by atoms with Gasteiger partial charge in [0, 0.05) is 11.6 Å². The lowest BCUT2D eigenvalue weighted by atomic mass is 10.1. The summed E-state index contributed by atoms with van der Waals surface area (Å²) in [5.41, 5.74) is 2.14. The van der Waals surface area contributed by atoms with E-state index in [9.17, 15) is 19.7 Å². The zero-order chi connectivity index (χ0) is 18.0. The fourth-order valence-electron chi connectivity index (χ4n) is 2.44. The average molecular weight is 354 g/mol. The molecule has 2 aromatic carbocycles. The van der Waals surface area contributed by atoms with Crippen molar-refractivity contribution in [1.29, 1.82) is 0 Å². The number of carbonyl (C=O) groups is 2. The van der Waals surface area contributed by atoms with Crippen molar-refractivity contribution >= 4 is 34.7 Å². The molecule has 2 aromatic rings. The highest BCUT2D eigenvalue weighted by molar-refractivity contribution is 8.18. The van der Waals surface area contributed by atoms with Gasteiger partial charge in [-0.25, -0.2) is 0 Å². The van der Waals surface area contributed by atoms with Crippen LogP contribution >= 0.6 is 11.8 Å². The number of benzene rings is 2. The molecule has 0 aliphatic carbocycles. The normalized spacial score (nSPS) is 15.9. The molecule has 1 aliphatic rings. The second-order valence-corrected chi connectivity index (χ2v) is 6.56. The minimum absolute atomic E-state index is 0.107. The molecule has 7 heteroatoms. The van der Waals surface area contributed by atoms with Gasteiger partial charge in [0.05, 0.1) is 16.4 Å². The summed E-state index contributed by atoms with van der Waals surface area (Å²) in [4.78, 5) is 36.6. The van der Waals surface area contributed by atoms with Crippen LogP contribution in [0.15, 0.2) is 53.4 Å². The Morgan fingerprint density at radius 1 is 1.12 bits per heavy atom. The number of hydrogen-bond acceptors (Lipinski definition) is 5. The highest BCUT2D eigenvalue weighted by atomic mass is 32.2. The fraction of sp³-hybridized carbons (Fsp3) is 0.111. The quantitative estimate of drug-likeness (QED) is 0.468. The summed E-state index contributed by atoms with van der Waals surface area (Å²) in [6.07, 6.45) is 1.66. The van der Waals surface area contributed by atoms with Gasteiger partial charge in [-0.05, 0) is 30.3 Å². The Bertz CT molecular complexity index is 890. The molecule has 0 atom stereocenters. The molecule has 25 heavy (non-hydrogen) atoms. The Labute approximate surface area is 148 Å². The summed E-state index contributed by atoms with van der Waals surface area (Å²) in [5, 5.41) is 10.7. The van der Waals surface area contributed by atoms with E-state index in [0.717, 1.165) is 27.8 Å². The van der Waals surface area contributed by atoms with E-state index < -0.39 is 16.1 Å². The molecule has 0 aromatic heterocycles. The van der Waals surface area contributed by atoms with E-state index in [1.165, 1.54) is 6.07 Å². The number of aryl methyl sites for hydroxylation is 1. The number of nitro benzene ring substituents is 1. The van der Waals surface area contributed by atoms with Crippen molar-refractivity contribution in [2.24, 2.45) is 0 Å². The third-order valence-electron chi connectivity index (χ3n) is 3.77. The lowest BCUT2D eigenvalue weighted by molar-refractivity contribution is -0.385. The first kappa shape index (κ1) is 16.9. The summed E-state index contributed by atoms with van der Waals surface area (Å²) >= 11 is 0.843. The van der Waals surface area contributed by atoms with Crippen LogP contribution in [0.3, 0.4) is 0 Å². The maximum absolute atomic E-state index is 12.5. The van der Waals surface area contributed by atoms with Gasteiger partial charge in [-0.2, -0.15) is 0 Å². The van der Waals surface area contributed by atoms with Crippen molar-refractivity contribution in [1.82, 2.24) is 4.90 Å². The predicted octanol–water partition coefficient (Wildman–Crippen LogP) is 4.14. The largest absolute Gasteiger partial charge is 0.293 e.